The summed E-state index contributed by atoms with van der Waals surface area (Å²) in [6.07, 6.45) is 5.78. The summed E-state index contributed by atoms with van der Waals surface area (Å²) in [7, 11) is 0. The molecule has 4 amide bonds. The number of thiazole rings is 1. The molecular formula is C19H28N6O3S. The van der Waals surface area contributed by atoms with Gasteiger partial charge in [-0.15, -0.1) is 11.3 Å². The number of carbonyl (C=O) groups is 3. The lowest BCUT2D eigenvalue weighted by molar-refractivity contribution is -0.140. The molecule has 1 aromatic rings. The minimum Gasteiger partial charge on any atom is -0.347 e. The zero-order valence-electron chi connectivity index (χ0n) is 16.7. The number of anilines is 1. The maximum absolute atomic E-state index is 12.9. The van der Waals surface area contributed by atoms with Gasteiger partial charge < -0.3 is 10.2 Å². The van der Waals surface area contributed by atoms with E-state index in [1.165, 1.54) is 0 Å². The van der Waals surface area contributed by atoms with Crippen LogP contribution in [0.1, 0.15) is 39.0 Å². The zero-order valence-corrected chi connectivity index (χ0v) is 17.5. The predicted molar refractivity (Wildman–Crippen MR) is 109 cm³/mol. The van der Waals surface area contributed by atoms with E-state index in [2.05, 4.69) is 32.5 Å². The quantitative estimate of drug-likeness (QED) is 0.710. The van der Waals surface area contributed by atoms with Crippen LogP contribution in [-0.2, 0) is 9.59 Å². The van der Waals surface area contributed by atoms with Crippen molar-refractivity contribution in [3.63, 3.8) is 0 Å². The molecule has 2 saturated heterocycles. The number of hydrazine groups is 1. The standard InChI is InChI=1S/C19H28N6O3S/c1-14-3-5-19(6-4-14)16(27)25(17(28)21-19)22-15(26)13-23-8-2-9-24(11-10-23)18-20-7-12-29-18/h7,12,14H,2-6,8-11,13H2,1H3,(H,21,28)(H,22,26). The summed E-state index contributed by atoms with van der Waals surface area (Å²) in [4.78, 5) is 46.4. The van der Waals surface area contributed by atoms with Crippen molar-refractivity contribution in [3.8, 4) is 0 Å². The summed E-state index contributed by atoms with van der Waals surface area (Å²) >= 11 is 1.61. The highest BCUT2D eigenvalue weighted by molar-refractivity contribution is 7.13. The fourth-order valence-electron chi connectivity index (χ4n) is 4.37. The molecule has 0 unspecified atom stereocenters. The third-order valence-electron chi connectivity index (χ3n) is 6.17. The van der Waals surface area contributed by atoms with E-state index in [-0.39, 0.29) is 18.4 Å². The van der Waals surface area contributed by atoms with E-state index in [1.807, 2.05) is 5.38 Å². The lowest BCUT2D eigenvalue weighted by atomic mass is 9.77. The van der Waals surface area contributed by atoms with Crippen LogP contribution >= 0.6 is 11.3 Å². The molecule has 0 bridgehead atoms. The average Bonchev–Trinajstić information content (AvgIpc) is 3.23. The monoisotopic (exact) mass is 420 g/mol. The molecule has 158 valence electrons. The Labute approximate surface area is 174 Å². The van der Waals surface area contributed by atoms with Crippen LogP contribution in [-0.4, -0.2) is 71.0 Å². The number of imide groups is 1. The number of urea groups is 1. The van der Waals surface area contributed by atoms with Crippen LogP contribution in [0.3, 0.4) is 0 Å². The average molecular weight is 421 g/mol. The van der Waals surface area contributed by atoms with E-state index in [9.17, 15) is 14.4 Å². The smallest absolute Gasteiger partial charge is 0.344 e. The van der Waals surface area contributed by atoms with Gasteiger partial charge >= 0.3 is 6.03 Å². The minimum absolute atomic E-state index is 0.160. The molecule has 9 nitrogen and oxygen atoms in total. The Hall–Kier alpha value is -2.20. The van der Waals surface area contributed by atoms with E-state index in [1.54, 1.807) is 17.5 Å². The van der Waals surface area contributed by atoms with Gasteiger partial charge in [0.2, 0.25) is 0 Å². The van der Waals surface area contributed by atoms with Crippen LogP contribution in [0.4, 0.5) is 9.93 Å². The number of hydrogen-bond donors (Lipinski definition) is 2. The van der Waals surface area contributed by atoms with Crippen molar-refractivity contribution < 1.29 is 14.4 Å². The fourth-order valence-corrected chi connectivity index (χ4v) is 5.07. The molecular weight excluding hydrogens is 392 g/mol. The van der Waals surface area contributed by atoms with Gasteiger partial charge in [-0.05, 0) is 38.0 Å². The normalized spacial score (nSPS) is 28.5. The number of nitrogens with one attached hydrogen (secondary N) is 2. The van der Waals surface area contributed by atoms with Crippen molar-refractivity contribution >= 4 is 34.3 Å². The van der Waals surface area contributed by atoms with Crippen molar-refractivity contribution in [2.24, 2.45) is 5.92 Å². The van der Waals surface area contributed by atoms with Crippen LogP contribution in [0.5, 0.6) is 0 Å². The molecule has 10 heteroatoms. The molecule has 3 heterocycles. The largest absolute Gasteiger partial charge is 0.347 e. The zero-order chi connectivity index (χ0) is 20.4. The van der Waals surface area contributed by atoms with Gasteiger partial charge in [-0.2, -0.15) is 5.01 Å². The summed E-state index contributed by atoms with van der Waals surface area (Å²) in [6, 6.07) is -0.524. The molecule has 0 radical (unpaired) electrons. The third-order valence-corrected chi connectivity index (χ3v) is 7.00. The minimum atomic E-state index is -0.840. The molecule has 1 spiro atoms. The third kappa shape index (κ3) is 4.23. The van der Waals surface area contributed by atoms with E-state index in [0.29, 0.717) is 18.8 Å². The molecule has 3 fully saturated rings. The Kier molecular flexibility index (Phi) is 5.73. The highest BCUT2D eigenvalue weighted by Crippen LogP contribution is 2.35. The van der Waals surface area contributed by atoms with Crippen molar-refractivity contribution in [3.05, 3.63) is 11.6 Å². The van der Waals surface area contributed by atoms with E-state index < -0.39 is 11.6 Å². The number of aromatic nitrogens is 1. The molecule has 3 aliphatic rings. The van der Waals surface area contributed by atoms with Gasteiger partial charge in [0.1, 0.15) is 5.54 Å². The Morgan fingerprint density at radius 1 is 1.28 bits per heavy atom. The second-order valence-corrected chi connectivity index (χ2v) is 9.17. The Balaban J connectivity index is 1.30. The van der Waals surface area contributed by atoms with Crippen LogP contribution in [0.15, 0.2) is 11.6 Å². The lowest BCUT2D eigenvalue weighted by Crippen LogP contribution is -2.53. The van der Waals surface area contributed by atoms with E-state index in [0.717, 1.165) is 55.6 Å². The van der Waals surface area contributed by atoms with Crippen LogP contribution in [0, 0.1) is 5.92 Å². The molecule has 2 N–H and O–H groups in total. The summed E-state index contributed by atoms with van der Waals surface area (Å²) in [6.45, 7) is 5.54. The highest BCUT2D eigenvalue weighted by atomic mass is 32.1. The van der Waals surface area contributed by atoms with E-state index in [4.69, 9.17) is 0 Å². The molecule has 1 aromatic heterocycles. The van der Waals surface area contributed by atoms with Gasteiger partial charge in [0.15, 0.2) is 5.13 Å². The van der Waals surface area contributed by atoms with Gasteiger partial charge in [0, 0.05) is 37.8 Å². The molecule has 29 heavy (non-hydrogen) atoms. The van der Waals surface area contributed by atoms with E-state index >= 15 is 0 Å². The second-order valence-electron chi connectivity index (χ2n) is 8.30. The first-order valence-corrected chi connectivity index (χ1v) is 11.2. The molecule has 1 aliphatic carbocycles. The van der Waals surface area contributed by atoms with Gasteiger partial charge in [-0.25, -0.2) is 9.78 Å². The first-order valence-electron chi connectivity index (χ1n) is 10.3. The summed E-state index contributed by atoms with van der Waals surface area (Å²) in [5, 5.41) is 6.68. The summed E-state index contributed by atoms with van der Waals surface area (Å²) < 4.78 is 0. The van der Waals surface area contributed by atoms with Crippen molar-refractivity contribution in [1.82, 2.24) is 25.6 Å². The molecule has 2 aliphatic heterocycles. The first-order chi connectivity index (χ1) is 14.0. The number of carbonyl (C=O) groups excluding carboxylic acids is 3. The number of nitrogens with zero attached hydrogens (tertiary/aromatic N) is 4. The summed E-state index contributed by atoms with van der Waals surface area (Å²) in [5.41, 5.74) is 1.70. The Morgan fingerprint density at radius 2 is 2.07 bits per heavy atom. The lowest BCUT2D eigenvalue weighted by Gasteiger charge is -2.33. The van der Waals surface area contributed by atoms with Gasteiger partial charge in [-0.3, -0.25) is 19.9 Å². The first kappa shape index (κ1) is 20.1. The van der Waals surface area contributed by atoms with Crippen molar-refractivity contribution in [2.75, 3.05) is 37.6 Å². The maximum Gasteiger partial charge on any atom is 0.344 e. The topological polar surface area (TPSA) is 97.9 Å². The molecule has 4 rings (SSSR count). The van der Waals surface area contributed by atoms with Gasteiger partial charge in [0.25, 0.3) is 11.8 Å². The maximum atomic E-state index is 12.9. The Bertz CT molecular complexity index is 762. The molecule has 0 aromatic carbocycles. The fraction of sp³-hybridized carbons (Fsp3) is 0.684. The van der Waals surface area contributed by atoms with Crippen LogP contribution < -0.4 is 15.6 Å². The molecule has 0 atom stereocenters. The SMILES string of the molecule is CC1CCC2(CC1)NC(=O)N(NC(=O)CN1CCCN(c3nccs3)CC1)C2=O. The van der Waals surface area contributed by atoms with Gasteiger partial charge in [-0.1, -0.05) is 6.92 Å². The summed E-state index contributed by atoms with van der Waals surface area (Å²) in [5.74, 6) is -0.105. The Morgan fingerprint density at radius 3 is 2.79 bits per heavy atom. The second kappa shape index (κ2) is 8.27. The molecule has 1 saturated carbocycles. The van der Waals surface area contributed by atoms with Crippen LogP contribution in [0.25, 0.3) is 0 Å². The number of hydrogen-bond acceptors (Lipinski definition) is 7. The van der Waals surface area contributed by atoms with Crippen LogP contribution in [0.2, 0.25) is 0 Å². The number of rotatable bonds is 4. The van der Waals surface area contributed by atoms with Crippen molar-refractivity contribution in [1.29, 1.82) is 0 Å². The number of amides is 4. The van der Waals surface area contributed by atoms with Gasteiger partial charge in [0.05, 0.1) is 6.54 Å². The predicted octanol–water partition coefficient (Wildman–Crippen LogP) is 1.19. The highest BCUT2D eigenvalue weighted by Gasteiger charge is 2.52. The van der Waals surface area contributed by atoms with Crippen molar-refractivity contribution in [2.45, 2.75) is 44.6 Å².